The van der Waals surface area contributed by atoms with E-state index in [1.165, 1.54) is 4.90 Å². The standard InChI is InChI=1S/C18H24N4O4S/c1-26-8-4-15(23)21-14-11-19-13-5-9-27-17(13)16(14)20-10-12-2-6-22(7-3-12)18(24)25/h5,9,11-12H,2-4,6-8,10H2,1H3,(H,19,20)(H,21,23)(H,24,25). The van der Waals surface area contributed by atoms with Crippen LogP contribution < -0.4 is 10.6 Å². The van der Waals surface area contributed by atoms with Gasteiger partial charge in [0.15, 0.2) is 0 Å². The highest BCUT2D eigenvalue weighted by molar-refractivity contribution is 7.17. The second-order valence-corrected chi connectivity index (χ2v) is 7.48. The molecule has 0 spiro atoms. The Hall–Kier alpha value is -2.39. The molecule has 0 aromatic carbocycles. The number of methoxy groups -OCH3 is 1. The molecule has 0 aliphatic carbocycles. The van der Waals surface area contributed by atoms with Crippen LogP contribution in [0, 0.1) is 5.92 Å². The molecule has 0 bridgehead atoms. The van der Waals surface area contributed by atoms with Crippen LogP contribution in [0.3, 0.4) is 0 Å². The summed E-state index contributed by atoms with van der Waals surface area (Å²) in [4.78, 5) is 29.0. The zero-order valence-corrected chi connectivity index (χ0v) is 16.1. The van der Waals surface area contributed by atoms with Gasteiger partial charge < -0.3 is 25.4 Å². The summed E-state index contributed by atoms with van der Waals surface area (Å²) < 4.78 is 5.96. The van der Waals surface area contributed by atoms with Gasteiger partial charge in [-0.1, -0.05) is 0 Å². The van der Waals surface area contributed by atoms with Crippen LogP contribution >= 0.6 is 11.3 Å². The SMILES string of the molecule is COCCC(=O)Nc1cnc2ccsc2c1NCC1CCN(C(=O)O)CC1. The van der Waals surface area contributed by atoms with E-state index in [1.807, 2.05) is 11.4 Å². The van der Waals surface area contributed by atoms with E-state index in [0.717, 1.165) is 35.3 Å². The van der Waals surface area contributed by atoms with E-state index in [9.17, 15) is 9.59 Å². The number of likely N-dealkylation sites (tertiary alicyclic amines) is 1. The Kier molecular flexibility index (Phi) is 6.46. The molecule has 2 aromatic heterocycles. The predicted octanol–water partition coefficient (Wildman–Crippen LogP) is 3.07. The molecule has 146 valence electrons. The number of hydrogen-bond donors (Lipinski definition) is 3. The van der Waals surface area contributed by atoms with Crippen LogP contribution in [0.25, 0.3) is 10.2 Å². The van der Waals surface area contributed by atoms with E-state index >= 15 is 0 Å². The van der Waals surface area contributed by atoms with Gasteiger partial charge in [-0.2, -0.15) is 0 Å². The smallest absolute Gasteiger partial charge is 0.407 e. The summed E-state index contributed by atoms with van der Waals surface area (Å²) in [5.74, 6) is 0.271. The van der Waals surface area contributed by atoms with Crippen LogP contribution in [0.15, 0.2) is 17.6 Å². The molecule has 1 fully saturated rings. The molecule has 3 rings (SSSR count). The summed E-state index contributed by atoms with van der Waals surface area (Å²) in [6.45, 7) is 2.22. The number of carbonyl (C=O) groups excluding carboxylic acids is 1. The number of pyridine rings is 1. The van der Waals surface area contributed by atoms with Gasteiger partial charge in [-0.05, 0) is 30.2 Å². The Bertz CT molecular complexity index is 802. The molecule has 0 radical (unpaired) electrons. The topological polar surface area (TPSA) is 104 Å². The molecule has 0 atom stereocenters. The number of carbonyl (C=O) groups is 2. The molecule has 1 aliphatic heterocycles. The Morgan fingerprint density at radius 1 is 1.41 bits per heavy atom. The number of nitrogens with zero attached hydrogens (tertiary/aromatic N) is 2. The molecule has 2 amide bonds. The third kappa shape index (κ3) is 4.86. The number of carboxylic acid groups (broad SMARTS) is 1. The molecule has 0 unspecified atom stereocenters. The first-order valence-electron chi connectivity index (χ1n) is 8.95. The number of piperidine rings is 1. The average molecular weight is 392 g/mol. The average Bonchev–Trinajstić information content (AvgIpc) is 3.14. The summed E-state index contributed by atoms with van der Waals surface area (Å²) in [6, 6.07) is 1.95. The van der Waals surface area contributed by atoms with Gasteiger partial charge in [0.05, 0.1) is 40.8 Å². The number of amides is 2. The molecule has 27 heavy (non-hydrogen) atoms. The lowest BCUT2D eigenvalue weighted by molar-refractivity contribution is -0.117. The van der Waals surface area contributed by atoms with Crippen LogP contribution in [-0.4, -0.2) is 60.3 Å². The van der Waals surface area contributed by atoms with Crippen molar-refractivity contribution in [2.45, 2.75) is 19.3 Å². The van der Waals surface area contributed by atoms with Crippen LogP contribution in [0.4, 0.5) is 16.2 Å². The Morgan fingerprint density at radius 2 is 2.19 bits per heavy atom. The summed E-state index contributed by atoms with van der Waals surface area (Å²) in [5.41, 5.74) is 2.42. The van der Waals surface area contributed by atoms with Gasteiger partial charge in [-0.15, -0.1) is 11.3 Å². The first kappa shape index (κ1) is 19.4. The fraction of sp³-hybridized carbons (Fsp3) is 0.500. The van der Waals surface area contributed by atoms with E-state index in [1.54, 1.807) is 24.6 Å². The zero-order chi connectivity index (χ0) is 19.2. The summed E-state index contributed by atoms with van der Waals surface area (Å²) in [5, 5.41) is 17.4. The first-order valence-corrected chi connectivity index (χ1v) is 9.83. The Morgan fingerprint density at radius 3 is 2.89 bits per heavy atom. The second-order valence-electron chi connectivity index (χ2n) is 6.57. The maximum atomic E-state index is 12.1. The monoisotopic (exact) mass is 392 g/mol. The van der Waals surface area contributed by atoms with Crippen molar-refractivity contribution in [3.05, 3.63) is 17.6 Å². The molecule has 1 saturated heterocycles. The number of aromatic nitrogens is 1. The highest BCUT2D eigenvalue weighted by atomic mass is 32.1. The minimum atomic E-state index is -0.850. The summed E-state index contributed by atoms with van der Waals surface area (Å²) in [6.07, 6.45) is 2.76. The van der Waals surface area contributed by atoms with Gasteiger partial charge in [0.2, 0.25) is 5.91 Å². The van der Waals surface area contributed by atoms with E-state index < -0.39 is 6.09 Å². The number of thiophene rings is 1. The van der Waals surface area contributed by atoms with Crippen molar-refractivity contribution in [1.29, 1.82) is 0 Å². The zero-order valence-electron chi connectivity index (χ0n) is 15.2. The van der Waals surface area contributed by atoms with Crippen molar-refractivity contribution >= 4 is 44.9 Å². The summed E-state index contributed by atoms with van der Waals surface area (Å²) in [7, 11) is 1.56. The van der Waals surface area contributed by atoms with Gasteiger partial charge >= 0.3 is 6.09 Å². The number of nitrogens with one attached hydrogen (secondary N) is 2. The fourth-order valence-corrected chi connectivity index (χ4v) is 4.04. The van der Waals surface area contributed by atoms with E-state index in [-0.39, 0.29) is 12.3 Å². The number of rotatable bonds is 7. The Balaban J connectivity index is 1.68. The lowest BCUT2D eigenvalue weighted by Crippen LogP contribution is -2.39. The molecule has 0 saturated carbocycles. The predicted molar refractivity (Wildman–Crippen MR) is 106 cm³/mol. The van der Waals surface area contributed by atoms with Gasteiger partial charge in [0.25, 0.3) is 0 Å². The van der Waals surface area contributed by atoms with Crippen molar-refractivity contribution in [2.24, 2.45) is 5.92 Å². The molecule has 1 aliphatic rings. The molecule has 3 N–H and O–H groups in total. The normalized spacial score (nSPS) is 15.1. The minimum Gasteiger partial charge on any atom is -0.465 e. The third-order valence-electron chi connectivity index (χ3n) is 4.73. The van der Waals surface area contributed by atoms with Gasteiger partial charge in [0, 0.05) is 26.7 Å². The van der Waals surface area contributed by atoms with E-state index in [2.05, 4.69) is 15.6 Å². The molecular weight excluding hydrogens is 368 g/mol. The second kappa shape index (κ2) is 9.01. The minimum absolute atomic E-state index is 0.118. The fourth-order valence-electron chi connectivity index (χ4n) is 3.16. The van der Waals surface area contributed by atoms with Crippen molar-refractivity contribution in [2.75, 3.05) is 44.0 Å². The largest absolute Gasteiger partial charge is 0.465 e. The highest BCUT2D eigenvalue weighted by Crippen LogP contribution is 2.34. The van der Waals surface area contributed by atoms with Crippen molar-refractivity contribution in [1.82, 2.24) is 9.88 Å². The lowest BCUT2D eigenvalue weighted by atomic mass is 9.97. The Labute approximate surface area is 161 Å². The molecule has 2 aromatic rings. The van der Waals surface area contributed by atoms with Crippen LogP contribution in [-0.2, 0) is 9.53 Å². The third-order valence-corrected chi connectivity index (χ3v) is 5.65. The van der Waals surface area contributed by atoms with E-state index in [4.69, 9.17) is 9.84 Å². The number of anilines is 2. The maximum absolute atomic E-state index is 12.1. The van der Waals surface area contributed by atoms with Crippen molar-refractivity contribution in [3.63, 3.8) is 0 Å². The molecule has 3 heterocycles. The molecule has 9 heteroatoms. The number of hydrogen-bond acceptors (Lipinski definition) is 6. The quantitative estimate of drug-likeness (QED) is 0.669. The molecular formula is C18H24N4O4S. The highest BCUT2D eigenvalue weighted by Gasteiger charge is 2.23. The van der Waals surface area contributed by atoms with Crippen LogP contribution in [0.5, 0.6) is 0 Å². The van der Waals surface area contributed by atoms with Crippen molar-refractivity contribution < 1.29 is 19.4 Å². The first-order chi connectivity index (χ1) is 13.1. The number of ether oxygens (including phenoxy) is 1. The van der Waals surface area contributed by atoms with Gasteiger partial charge in [-0.25, -0.2) is 4.79 Å². The van der Waals surface area contributed by atoms with Crippen LogP contribution in [0.1, 0.15) is 19.3 Å². The molecule has 8 nitrogen and oxygen atoms in total. The summed E-state index contributed by atoms with van der Waals surface area (Å²) >= 11 is 1.58. The van der Waals surface area contributed by atoms with Gasteiger partial charge in [-0.3, -0.25) is 9.78 Å². The van der Waals surface area contributed by atoms with Crippen LogP contribution in [0.2, 0.25) is 0 Å². The van der Waals surface area contributed by atoms with Gasteiger partial charge in [0.1, 0.15) is 0 Å². The van der Waals surface area contributed by atoms with Crippen molar-refractivity contribution in [3.8, 4) is 0 Å². The number of fused-ring (bicyclic) bond motifs is 1. The lowest BCUT2D eigenvalue weighted by Gasteiger charge is -2.30. The maximum Gasteiger partial charge on any atom is 0.407 e. The van der Waals surface area contributed by atoms with E-state index in [0.29, 0.717) is 31.3 Å².